The molecular formula is C81H132O4. The molecule has 0 atom stereocenters. The van der Waals surface area contributed by atoms with Crippen molar-refractivity contribution in [1.29, 1.82) is 0 Å². The maximum atomic E-state index is 7.00. The summed E-state index contributed by atoms with van der Waals surface area (Å²) in [6, 6.07) is 81.5. The predicted octanol–water partition coefficient (Wildman–Crippen LogP) is 24.1. The van der Waals surface area contributed by atoms with Gasteiger partial charge >= 0.3 is 0 Å². The first-order valence-corrected chi connectivity index (χ1v) is 29.8. The van der Waals surface area contributed by atoms with E-state index in [2.05, 4.69) is 274 Å². The maximum absolute atomic E-state index is 7.00. The molecular weight excluding hydrogens is 1040 g/mol. The standard InChI is InChI=1S/C52H40.4C3H8.4C2H6.4CH4O.5CH4/c1-5-17-37(18-6-1)49-41-25-13-27-43(33-41)50(38-19-7-2-8-20-38)45-29-15-31-47(35-45)52(40-23-11-4-12-24-40)48-32-16-30-46(36-48)51(39-21-9-3-10-22-39)44-28-14-26-42(49)34-44;4*1-3-2;8*1-2;;;;;/h1-36,49-52H;4*3H2,1-2H3;4*1-2H3;4*2H,1H3;5*1H4. The minimum atomic E-state index is 0. The van der Waals surface area contributed by atoms with E-state index in [1.165, 1.54) is 92.4 Å². The molecule has 480 valence electrons. The van der Waals surface area contributed by atoms with Crippen LogP contribution in [0.25, 0.3) is 0 Å². The minimum absolute atomic E-state index is 0. The molecule has 0 amide bonds. The fraction of sp³-hybridized carbons (Fsp3) is 0.407. The Kier molecular flexibility index (Phi) is 78.6. The third-order valence-corrected chi connectivity index (χ3v) is 10.8. The van der Waals surface area contributed by atoms with Crippen LogP contribution < -0.4 is 0 Å². The Labute approximate surface area is 528 Å². The van der Waals surface area contributed by atoms with E-state index in [1.807, 2.05) is 55.4 Å². The van der Waals surface area contributed by atoms with Crippen LogP contribution in [-0.4, -0.2) is 48.9 Å². The Morgan fingerprint density at radius 2 is 0.282 bits per heavy atom. The molecule has 8 bridgehead atoms. The Bertz CT molecular complexity index is 2070. The molecule has 8 aromatic rings. The molecule has 0 spiro atoms. The summed E-state index contributed by atoms with van der Waals surface area (Å²) in [6.07, 6.45) is 5.00. The monoisotopic (exact) mass is 1170 g/mol. The Hall–Kier alpha value is -6.40. The number of hydrogen-bond acceptors (Lipinski definition) is 4. The van der Waals surface area contributed by atoms with E-state index >= 15 is 0 Å². The summed E-state index contributed by atoms with van der Waals surface area (Å²) < 4.78 is 0. The van der Waals surface area contributed by atoms with Crippen LogP contribution in [0, 0.1) is 0 Å². The summed E-state index contributed by atoms with van der Waals surface area (Å²) >= 11 is 0. The third-order valence-electron chi connectivity index (χ3n) is 10.8. The van der Waals surface area contributed by atoms with Gasteiger partial charge in [-0.05, 0) is 66.8 Å². The first-order chi connectivity index (χ1) is 39.5. The van der Waals surface area contributed by atoms with Gasteiger partial charge < -0.3 is 20.4 Å². The summed E-state index contributed by atoms with van der Waals surface area (Å²) in [6.45, 7) is 33.0. The van der Waals surface area contributed by atoms with Crippen molar-refractivity contribution in [2.45, 2.75) is 197 Å². The van der Waals surface area contributed by atoms with E-state index in [4.69, 9.17) is 20.4 Å². The lowest BCUT2D eigenvalue weighted by molar-refractivity contribution is 0.399. The average Bonchev–Trinajstić information content (AvgIpc) is 3.04. The van der Waals surface area contributed by atoms with Crippen LogP contribution in [-0.2, 0) is 0 Å². The summed E-state index contributed by atoms with van der Waals surface area (Å²) in [4.78, 5) is 0. The number of aliphatic hydroxyl groups is 4. The molecule has 0 saturated carbocycles. The van der Waals surface area contributed by atoms with E-state index in [1.54, 1.807) is 0 Å². The quantitative estimate of drug-likeness (QED) is 0.142. The molecule has 4 N–H and O–H groups in total. The summed E-state index contributed by atoms with van der Waals surface area (Å²) in [5.41, 5.74) is 15.5. The van der Waals surface area contributed by atoms with E-state index in [0.29, 0.717) is 0 Å². The van der Waals surface area contributed by atoms with Crippen LogP contribution in [0.4, 0.5) is 0 Å². The van der Waals surface area contributed by atoms with Crippen molar-refractivity contribution in [3.63, 3.8) is 0 Å². The highest BCUT2D eigenvalue weighted by atomic mass is 16.2. The molecule has 0 aliphatic heterocycles. The number of fused-ring (bicyclic) bond motifs is 8. The first-order valence-electron chi connectivity index (χ1n) is 29.8. The van der Waals surface area contributed by atoms with E-state index in [0.717, 1.165) is 28.4 Å². The summed E-state index contributed by atoms with van der Waals surface area (Å²) in [7, 11) is 4.00. The van der Waals surface area contributed by atoms with Crippen molar-refractivity contribution >= 4 is 0 Å². The lowest BCUT2D eigenvalue weighted by atomic mass is 9.76. The Balaban J connectivity index is -0.000000218. The molecule has 85 heavy (non-hydrogen) atoms. The molecule has 0 radical (unpaired) electrons. The molecule has 8 aromatic carbocycles. The fourth-order valence-corrected chi connectivity index (χ4v) is 8.56. The van der Waals surface area contributed by atoms with Crippen molar-refractivity contribution < 1.29 is 20.4 Å². The molecule has 9 rings (SSSR count). The van der Waals surface area contributed by atoms with Gasteiger partial charge in [0.2, 0.25) is 0 Å². The normalized spacial score (nSPS) is 12.4. The molecule has 0 unspecified atom stereocenters. The number of rotatable bonds is 4. The molecule has 0 saturated heterocycles. The van der Waals surface area contributed by atoms with Crippen molar-refractivity contribution in [3.8, 4) is 0 Å². The van der Waals surface area contributed by atoms with Crippen molar-refractivity contribution in [1.82, 2.24) is 0 Å². The van der Waals surface area contributed by atoms with Gasteiger partial charge in [-0.25, -0.2) is 0 Å². The molecule has 0 fully saturated rings. The zero-order valence-corrected chi connectivity index (χ0v) is 53.7. The highest BCUT2D eigenvalue weighted by Gasteiger charge is 2.26. The van der Waals surface area contributed by atoms with Crippen LogP contribution in [0.5, 0.6) is 0 Å². The van der Waals surface area contributed by atoms with E-state index < -0.39 is 0 Å². The summed E-state index contributed by atoms with van der Waals surface area (Å²) in [5, 5.41) is 28.0. The van der Waals surface area contributed by atoms with Gasteiger partial charge in [-0.3, -0.25) is 0 Å². The van der Waals surface area contributed by atoms with Gasteiger partial charge in [0.05, 0.1) is 0 Å². The number of aliphatic hydroxyl groups excluding tert-OH is 4. The van der Waals surface area contributed by atoms with Gasteiger partial charge in [0.25, 0.3) is 0 Å². The fourth-order valence-electron chi connectivity index (χ4n) is 8.56. The second-order valence-electron chi connectivity index (χ2n) is 16.9. The van der Waals surface area contributed by atoms with Gasteiger partial charge in [-0.2, -0.15) is 0 Å². The lowest BCUT2D eigenvalue weighted by Gasteiger charge is -2.27. The highest BCUT2D eigenvalue weighted by Crippen LogP contribution is 2.42. The summed E-state index contributed by atoms with van der Waals surface area (Å²) in [5.74, 6) is 0.285. The predicted molar refractivity (Wildman–Crippen MR) is 391 cm³/mol. The first kappa shape index (κ1) is 97.7. The van der Waals surface area contributed by atoms with Crippen LogP contribution in [0.15, 0.2) is 218 Å². The molecule has 1 aliphatic rings. The van der Waals surface area contributed by atoms with Gasteiger partial charge in [0.15, 0.2) is 0 Å². The zero-order valence-electron chi connectivity index (χ0n) is 53.7. The largest absolute Gasteiger partial charge is 0.400 e. The third kappa shape index (κ3) is 34.4. The van der Waals surface area contributed by atoms with Gasteiger partial charge in [-0.15, -0.1) is 0 Å². The van der Waals surface area contributed by atoms with Crippen LogP contribution >= 0.6 is 0 Å². The minimum Gasteiger partial charge on any atom is -0.400 e. The number of benzene rings is 8. The molecule has 4 heteroatoms. The molecule has 0 aromatic heterocycles. The molecule has 1 aliphatic carbocycles. The lowest BCUT2D eigenvalue weighted by Crippen LogP contribution is -2.11. The Morgan fingerprint density at radius 3 is 0.388 bits per heavy atom. The molecule has 0 heterocycles. The van der Waals surface area contributed by atoms with Gasteiger partial charge in [0, 0.05) is 52.1 Å². The maximum Gasteiger partial charge on any atom is 0.0340 e. The second-order valence-corrected chi connectivity index (χ2v) is 16.9. The van der Waals surface area contributed by atoms with Gasteiger partial charge in [-0.1, -0.05) is 392 Å². The van der Waals surface area contributed by atoms with E-state index in [-0.39, 0.29) is 60.8 Å². The molecule has 4 nitrogen and oxygen atoms in total. The van der Waals surface area contributed by atoms with Crippen LogP contribution in [0.2, 0.25) is 0 Å². The van der Waals surface area contributed by atoms with Gasteiger partial charge in [0.1, 0.15) is 0 Å². The average molecular weight is 1170 g/mol. The van der Waals surface area contributed by atoms with Crippen LogP contribution in [0.1, 0.15) is 264 Å². The van der Waals surface area contributed by atoms with E-state index in [9.17, 15) is 0 Å². The van der Waals surface area contributed by atoms with Crippen molar-refractivity contribution in [2.24, 2.45) is 0 Å². The highest BCUT2D eigenvalue weighted by molar-refractivity contribution is 5.55. The number of hydrogen-bond donors (Lipinski definition) is 4. The van der Waals surface area contributed by atoms with Crippen molar-refractivity contribution in [2.75, 3.05) is 28.4 Å². The zero-order chi connectivity index (χ0) is 61.5. The smallest absolute Gasteiger partial charge is 0.0340 e. The Morgan fingerprint density at radius 1 is 0.188 bits per heavy atom. The second kappa shape index (κ2) is 68.4. The van der Waals surface area contributed by atoms with Crippen LogP contribution in [0.3, 0.4) is 0 Å². The SMILES string of the molecule is C.C.C.C.C.CC.CC.CC.CC.CCC.CCC.CCC.CCC.CO.CO.CO.CO.c1ccc(C2c3cccc(c3)C(c3ccccc3)c3cccc(c3)C(c3ccccc3)c3cccc(c3)C(c3ccccc3)c3cccc2c3)cc1. The topological polar surface area (TPSA) is 80.9 Å². The van der Waals surface area contributed by atoms with Crippen molar-refractivity contribution in [3.05, 3.63) is 285 Å².